The summed E-state index contributed by atoms with van der Waals surface area (Å²) in [4.78, 5) is 0.243. The smallest absolute Gasteiger partial charge is 0.242 e. The molecule has 2 rings (SSSR count). The molecule has 0 atom stereocenters. The first-order valence-electron chi connectivity index (χ1n) is 7.88. The van der Waals surface area contributed by atoms with Crippen LogP contribution in [0.1, 0.15) is 5.56 Å². The number of hydrogen-bond donors (Lipinski definition) is 1. The van der Waals surface area contributed by atoms with Crippen molar-refractivity contribution in [3.05, 3.63) is 48.0 Å². The molecule has 0 fully saturated rings. The number of methoxy groups -OCH3 is 1. The molecule has 0 aromatic heterocycles. The number of ether oxygens (including phenoxy) is 2. The number of nitrogens with zero attached hydrogens (tertiary/aromatic N) is 1. The lowest BCUT2D eigenvalue weighted by atomic mass is 10.2. The highest BCUT2D eigenvalue weighted by Gasteiger charge is 2.16. The molecule has 0 saturated heterocycles. The molecule has 0 spiro atoms. The third-order valence-corrected chi connectivity index (χ3v) is 5.47. The Labute approximate surface area is 149 Å². The Bertz CT molecular complexity index is 802. The van der Waals surface area contributed by atoms with Crippen molar-refractivity contribution in [2.75, 3.05) is 39.7 Å². The van der Waals surface area contributed by atoms with Crippen LogP contribution in [0.4, 0.5) is 5.69 Å². The monoisotopic (exact) mass is 364 g/mol. The first kappa shape index (κ1) is 19.1. The van der Waals surface area contributed by atoms with Crippen molar-refractivity contribution in [3.63, 3.8) is 0 Å². The molecule has 7 heteroatoms. The summed E-state index contributed by atoms with van der Waals surface area (Å²) < 4.78 is 36.2. The highest BCUT2D eigenvalue weighted by Crippen LogP contribution is 2.25. The zero-order valence-electron chi connectivity index (χ0n) is 14.9. The SMILES string of the molecule is COc1ccc(C)cc1NCCOc1ccc(S(=O)(=O)N(C)C)cc1. The minimum atomic E-state index is -3.42. The van der Waals surface area contributed by atoms with Crippen molar-refractivity contribution in [3.8, 4) is 11.5 Å². The van der Waals surface area contributed by atoms with Gasteiger partial charge in [-0.2, -0.15) is 0 Å². The quantitative estimate of drug-likeness (QED) is 0.730. The summed E-state index contributed by atoms with van der Waals surface area (Å²) in [7, 11) is 1.23. The summed E-state index contributed by atoms with van der Waals surface area (Å²) in [6.07, 6.45) is 0. The second-order valence-corrected chi connectivity index (χ2v) is 7.89. The molecule has 1 N–H and O–H groups in total. The number of hydrogen-bond acceptors (Lipinski definition) is 5. The van der Waals surface area contributed by atoms with Gasteiger partial charge in [0.15, 0.2) is 0 Å². The van der Waals surface area contributed by atoms with E-state index in [0.717, 1.165) is 17.0 Å². The molecule has 0 radical (unpaired) electrons. The second-order valence-electron chi connectivity index (χ2n) is 5.74. The van der Waals surface area contributed by atoms with Gasteiger partial charge in [-0.15, -0.1) is 0 Å². The van der Waals surface area contributed by atoms with E-state index in [1.165, 1.54) is 18.4 Å². The summed E-state index contributed by atoms with van der Waals surface area (Å²) in [5.41, 5.74) is 2.06. The molecule has 0 heterocycles. The number of nitrogens with one attached hydrogen (secondary N) is 1. The van der Waals surface area contributed by atoms with Crippen LogP contribution in [0.3, 0.4) is 0 Å². The number of anilines is 1. The molecule has 0 unspecified atom stereocenters. The second kappa shape index (κ2) is 8.22. The molecular formula is C18H24N2O4S. The number of aryl methyl sites for hydroxylation is 1. The van der Waals surface area contributed by atoms with Crippen LogP contribution in [0, 0.1) is 6.92 Å². The predicted octanol–water partition coefficient (Wildman–Crippen LogP) is 2.74. The molecule has 2 aromatic rings. The Morgan fingerprint density at radius 1 is 1.08 bits per heavy atom. The van der Waals surface area contributed by atoms with E-state index in [1.54, 1.807) is 31.4 Å². The van der Waals surface area contributed by atoms with Crippen LogP contribution in [0.5, 0.6) is 11.5 Å². The third kappa shape index (κ3) is 4.87. The highest BCUT2D eigenvalue weighted by atomic mass is 32.2. The van der Waals surface area contributed by atoms with Crippen LogP contribution in [-0.2, 0) is 10.0 Å². The van der Waals surface area contributed by atoms with Gasteiger partial charge < -0.3 is 14.8 Å². The Kier molecular flexibility index (Phi) is 6.27. The van der Waals surface area contributed by atoms with Crippen molar-refractivity contribution in [1.82, 2.24) is 4.31 Å². The molecule has 6 nitrogen and oxygen atoms in total. The maximum absolute atomic E-state index is 12.0. The average molecular weight is 364 g/mol. The van der Waals surface area contributed by atoms with Crippen LogP contribution in [-0.4, -0.2) is 47.1 Å². The first-order chi connectivity index (χ1) is 11.8. The zero-order valence-corrected chi connectivity index (χ0v) is 15.8. The topological polar surface area (TPSA) is 67.9 Å². The van der Waals surface area contributed by atoms with Gasteiger partial charge >= 0.3 is 0 Å². The minimum absolute atomic E-state index is 0.243. The normalized spacial score (nSPS) is 11.4. The number of rotatable bonds is 8. The van der Waals surface area contributed by atoms with Gasteiger partial charge in [-0.25, -0.2) is 12.7 Å². The minimum Gasteiger partial charge on any atom is -0.495 e. The van der Waals surface area contributed by atoms with Gasteiger partial charge in [0.2, 0.25) is 10.0 Å². The van der Waals surface area contributed by atoms with E-state index in [-0.39, 0.29) is 4.90 Å². The molecule has 0 aliphatic rings. The van der Waals surface area contributed by atoms with Gasteiger partial charge in [0.1, 0.15) is 18.1 Å². The van der Waals surface area contributed by atoms with Crippen LogP contribution in [0.2, 0.25) is 0 Å². The molecule has 0 bridgehead atoms. The van der Waals surface area contributed by atoms with Crippen molar-refractivity contribution in [2.24, 2.45) is 0 Å². The van der Waals surface area contributed by atoms with Crippen molar-refractivity contribution in [1.29, 1.82) is 0 Å². The summed E-state index contributed by atoms with van der Waals surface area (Å²) in [6, 6.07) is 12.3. The molecule has 2 aromatic carbocycles. The maximum Gasteiger partial charge on any atom is 0.242 e. The molecular weight excluding hydrogens is 340 g/mol. The molecule has 0 saturated carbocycles. The van der Waals surface area contributed by atoms with E-state index < -0.39 is 10.0 Å². The number of benzene rings is 2. The third-order valence-electron chi connectivity index (χ3n) is 3.64. The van der Waals surface area contributed by atoms with E-state index in [4.69, 9.17) is 9.47 Å². The zero-order chi connectivity index (χ0) is 18.4. The van der Waals surface area contributed by atoms with E-state index in [2.05, 4.69) is 5.32 Å². The van der Waals surface area contributed by atoms with E-state index in [1.807, 2.05) is 25.1 Å². The van der Waals surface area contributed by atoms with E-state index >= 15 is 0 Å². The van der Waals surface area contributed by atoms with Crippen LogP contribution in [0.15, 0.2) is 47.4 Å². The predicted molar refractivity (Wildman–Crippen MR) is 99.0 cm³/mol. The van der Waals surface area contributed by atoms with Crippen LogP contribution < -0.4 is 14.8 Å². The van der Waals surface area contributed by atoms with E-state index in [9.17, 15) is 8.42 Å². The standard InChI is InChI=1S/C18H24N2O4S/c1-14-5-10-18(23-4)17(13-14)19-11-12-24-15-6-8-16(9-7-15)25(21,22)20(2)3/h5-10,13,19H,11-12H2,1-4H3. The average Bonchev–Trinajstić information content (AvgIpc) is 2.59. The largest absolute Gasteiger partial charge is 0.495 e. The molecule has 25 heavy (non-hydrogen) atoms. The van der Waals surface area contributed by atoms with Crippen LogP contribution in [0.25, 0.3) is 0 Å². The van der Waals surface area contributed by atoms with Crippen LogP contribution >= 0.6 is 0 Å². The summed E-state index contributed by atoms with van der Waals surface area (Å²) in [5, 5.41) is 3.27. The molecule has 0 amide bonds. The van der Waals surface area contributed by atoms with Gasteiger partial charge in [0.05, 0.1) is 17.7 Å². The van der Waals surface area contributed by atoms with Gasteiger partial charge in [0.25, 0.3) is 0 Å². The lowest BCUT2D eigenvalue weighted by Gasteiger charge is -2.13. The van der Waals surface area contributed by atoms with Gasteiger partial charge in [0, 0.05) is 20.6 Å². The Morgan fingerprint density at radius 2 is 1.76 bits per heavy atom. The maximum atomic E-state index is 12.0. The number of sulfonamides is 1. The molecule has 0 aliphatic heterocycles. The van der Waals surface area contributed by atoms with Crippen molar-refractivity contribution >= 4 is 15.7 Å². The first-order valence-corrected chi connectivity index (χ1v) is 9.32. The highest BCUT2D eigenvalue weighted by molar-refractivity contribution is 7.89. The van der Waals surface area contributed by atoms with Gasteiger partial charge in [-0.1, -0.05) is 6.07 Å². The van der Waals surface area contributed by atoms with E-state index in [0.29, 0.717) is 18.9 Å². The van der Waals surface area contributed by atoms with Gasteiger partial charge in [-0.3, -0.25) is 0 Å². The fraction of sp³-hybridized carbons (Fsp3) is 0.333. The molecule has 136 valence electrons. The summed E-state index contributed by atoms with van der Waals surface area (Å²) >= 11 is 0. The summed E-state index contributed by atoms with van der Waals surface area (Å²) in [5.74, 6) is 1.40. The van der Waals surface area contributed by atoms with Crippen molar-refractivity contribution in [2.45, 2.75) is 11.8 Å². The van der Waals surface area contributed by atoms with Crippen molar-refractivity contribution < 1.29 is 17.9 Å². The Balaban J connectivity index is 1.90. The van der Waals surface area contributed by atoms with Gasteiger partial charge in [-0.05, 0) is 48.9 Å². The Hall–Kier alpha value is -2.25. The Morgan fingerprint density at radius 3 is 2.36 bits per heavy atom. The summed E-state index contributed by atoms with van der Waals surface area (Å²) in [6.45, 7) is 3.05. The molecule has 0 aliphatic carbocycles. The lowest BCUT2D eigenvalue weighted by Crippen LogP contribution is -2.22. The fourth-order valence-electron chi connectivity index (χ4n) is 2.23. The fourth-order valence-corrected chi connectivity index (χ4v) is 3.13. The lowest BCUT2D eigenvalue weighted by molar-refractivity contribution is 0.332.